The highest BCUT2D eigenvalue weighted by Crippen LogP contribution is 2.33. The molecule has 0 spiro atoms. The number of aromatic hydroxyl groups is 1. The molecule has 0 bridgehead atoms. The zero-order chi connectivity index (χ0) is 19.6. The third-order valence-corrected chi connectivity index (χ3v) is 4.33. The first-order valence-electron chi connectivity index (χ1n) is 8.21. The molecule has 0 amide bonds. The number of allylic oxidation sites excluding steroid dienone is 1. The molecule has 0 saturated carbocycles. The van der Waals surface area contributed by atoms with Crippen LogP contribution in [-0.4, -0.2) is 34.6 Å². The Morgan fingerprint density at radius 1 is 1.33 bits per heavy atom. The zero-order valence-corrected chi connectivity index (χ0v) is 15.0. The maximum atomic E-state index is 12.2. The normalized spacial score (nSPS) is 15.8. The minimum Gasteiger partial charge on any atom is -0.494 e. The first-order chi connectivity index (χ1) is 13.0. The molecule has 1 aromatic carbocycles. The van der Waals surface area contributed by atoms with Crippen molar-refractivity contribution >= 4 is 5.71 Å². The third kappa shape index (κ3) is 3.31. The molecule has 2 heterocycles. The van der Waals surface area contributed by atoms with E-state index >= 15 is 0 Å². The van der Waals surface area contributed by atoms with Gasteiger partial charge in [0, 0.05) is 13.0 Å². The van der Waals surface area contributed by atoms with E-state index < -0.39 is 17.1 Å². The number of methoxy groups -OCH3 is 2. The highest BCUT2D eigenvalue weighted by molar-refractivity contribution is 6.03. The van der Waals surface area contributed by atoms with Crippen LogP contribution in [0.1, 0.15) is 23.6 Å². The predicted molar refractivity (Wildman–Crippen MR) is 99.8 cm³/mol. The maximum Gasteiger partial charge on any atom is 0.331 e. The Kier molecular flexibility index (Phi) is 5.02. The van der Waals surface area contributed by atoms with Gasteiger partial charge < -0.3 is 20.0 Å². The second-order valence-corrected chi connectivity index (χ2v) is 5.92. The summed E-state index contributed by atoms with van der Waals surface area (Å²) in [5.74, 6) is 0.744. The molecule has 27 heavy (non-hydrogen) atoms. The molecule has 2 aromatic rings. The number of hydrogen-bond donors (Lipinski definition) is 3. The summed E-state index contributed by atoms with van der Waals surface area (Å²) in [4.78, 5) is 26.3. The van der Waals surface area contributed by atoms with E-state index in [2.05, 4.69) is 22.1 Å². The van der Waals surface area contributed by atoms with Crippen LogP contribution >= 0.6 is 0 Å². The first-order valence-corrected chi connectivity index (χ1v) is 8.21. The van der Waals surface area contributed by atoms with Crippen molar-refractivity contribution in [3.8, 4) is 17.4 Å². The molecule has 1 unspecified atom stereocenters. The predicted octanol–water partition coefficient (Wildman–Crippen LogP) is 0.884. The Morgan fingerprint density at radius 2 is 2.07 bits per heavy atom. The van der Waals surface area contributed by atoms with Gasteiger partial charge in [0.2, 0.25) is 5.88 Å². The van der Waals surface area contributed by atoms with Crippen LogP contribution in [0.4, 0.5) is 0 Å². The fourth-order valence-electron chi connectivity index (χ4n) is 2.98. The number of rotatable bonds is 6. The number of hydrogen-bond acceptors (Lipinski definition) is 7. The molecule has 0 aliphatic carbocycles. The van der Waals surface area contributed by atoms with Crippen LogP contribution in [0.2, 0.25) is 0 Å². The van der Waals surface area contributed by atoms with Gasteiger partial charge in [-0.05, 0) is 17.7 Å². The van der Waals surface area contributed by atoms with Crippen LogP contribution in [0.15, 0.2) is 45.5 Å². The number of benzene rings is 1. The van der Waals surface area contributed by atoms with Crippen molar-refractivity contribution in [2.45, 2.75) is 19.0 Å². The zero-order valence-electron chi connectivity index (χ0n) is 15.0. The Balaban J connectivity index is 1.93. The number of nitrogens with zero attached hydrogens (tertiary/aromatic N) is 2. The Morgan fingerprint density at radius 3 is 2.74 bits per heavy atom. The van der Waals surface area contributed by atoms with E-state index in [1.807, 2.05) is 12.1 Å². The highest BCUT2D eigenvalue weighted by Gasteiger charge is 2.27. The molecule has 3 rings (SSSR count). The van der Waals surface area contributed by atoms with Crippen LogP contribution < -0.4 is 26.1 Å². The molecule has 0 fully saturated rings. The largest absolute Gasteiger partial charge is 0.494 e. The standard InChI is InChI=1S/C18H20N4O5/c1-4-7-22-17(24)15(16(23)19-18(22)25)12-9-11(20-21-12)10-5-6-13(26-2)14(8-10)27-3/h4-6,8,11,20,24H,1,7,9H2,2-3H3,(H,19,23,25). The first kappa shape index (κ1) is 18.3. The monoisotopic (exact) mass is 372 g/mol. The number of H-pyrrole nitrogens is 1. The van der Waals surface area contributed by atoms with Gasteiger partial charge >= 0.3 is 5.69 Å². The van der Waals surface area contributed by atoms with Crippen molar-refractivity contribution in [1.82, 2.24) is 15.0 Å². The fourth-order valence-corrected chi connectivity index (χ4v) is 2.98. The van der Waals surface area contributed by atoms with Crippen LogP contribution in [0.25, 0.3) is 0 Å². The van der Waals surface area contributed by atoms with Crippen molar-refractivity contribution in [1.29, 1.82) is 0 Å². The minimum atomic E-state index is -0.704. The summed E-state index contributed by atoms with van der Waals surface area (Å²) < 4.78 is 11.6. The maximum absolute atomic E-state index is 12.2. The van der Waals surface area contributed by atoms with Crippen molar-refractivity contribution in [2.24, 2.45) is 5.10 Å². The van der Waals surface area contributed by atoms with Gasteiger partial charge in [0.15, 0.2) is 11.5 Å². The van der Waals surface area contributed by atoms with Crippen molar-refractivity contribution in [3.63, 3.8) is 0 Å². The average molecular weight is 372 g/mol. The fraction of sp³-hybridized carbons (Fsp3) is 0.278. The van der Waals surface area contributed by atoms with Crippen LogP contribution in [-0.2, 0) is 6.54 Å². The van der Waals surface area contributed by atoms with Gasteiger partial charge in [-0.25, -0.2) is 4.79 Å². The van der Waals surface area contributed by atoms with Crippen LogP contribution in [0.5, 0.6) is 17.4 Å². The second kappa shape index (κ2) is 7.40. The summed E-state index contributed by atoms with van der Waals surface area (Å²) in [6, 6.07) is 5.23. The molecule has 9 heteroatoms. The van der Waals surface area contributed by atoms with E-state index in [4.69, 9.17) is 9.47 Å². The van der Waals surface area contributed by atoms with Crippen molar-refractivity contribution in [3.05, 3.63) is 62.8 Å². The van der Waals surface area contributed by atoms with E-state index in [1.54, 1.807) is 20.3 Å². The third-order valence-electron chi connectivity index (χ3n) is 4.33. The summed E-state index contributed by atoms with van der Waals surface area (Å²) in [7, 11) is 3.10. The van der Waals surface area contributed by atoms with Crippen molar-refractivity contribution < 1.29 is 14.6 Å². The van der Waals surface area contributed by atoms with Gasteiger partial charge in [0.1, 0.15) is 5.56 Å². The lowest BCUT2D eigenvalue weighted by atomic mass is 9.99. The van der Waals surface area contributed by atoms with E-state index in [0.717, 1.165) is 10.1 Å². The van der Waals surface area contributed by atoms with Crippen LogP contribution in [0.3, 0.4) is 0 Å². The number of ether oxygens (including phenoxy) is 2. The van der Waals surface area contributed by atoms with Gasteiger partial charge in [0.05, 0.1) is 26.0 Å². The number of aromatic nitrogens is 2. The number of nitrogens with one attached hydrogen (secondary N) is 2. The number of aromatic amines is 1. The van der Waals surface area contributed by atoms with Gasteiger partial charge in [0.25, 0.3) is 5.56 Å². The topological polar surface area (TPSA) is 118 Å². The Bertz CT molecular complexity index is 1020. The molecule has 1 aromatic heterocycles. The molecule has 0 radical (unpaired) electrons. The van der Waals surface area contributed by atoms with E-state index in [-0.39, 0.29) is 18.2 Å². The quantitative estimate of drug-likeness (QED) is 0.648. The van der Waals surface area contributed by atoms with E-state index in [1.165, 1.54) is 6.08 Å². The highest BCUT2D eigenvalue weighted by atomic mass is 16.5. The summed E-state index contributed by atoms with van der Waals surface area (Å²) in [5.41, 5.74) is 2.75. The van der Waals surface area contributed by atoms with Gasteiger partial charge in [-0.3, -0.25) is 14.3 Å². The van der Waals surface area contributed by atoms with E-state index in [9.17, 15) is 14.7 Å². The molecular formula is C18H20N4O5. The average Bonchev–Trinajstić information content (AvgIpc) is 3.14. The SMILES string of the molecule is C=CCn1c(O)c(C2=NNC(c3ccc(OC)c(OC)c3)C2)c(=O)[nH]c1=O. The Hall–Kier alpha value is -3.49. The lowest BCUT2D eigenvalue weighted by Gasteiger charge is -2.14. The van der Waals surface area contributed by atoms with E-state index in [0.29, 0.717) is 23.6 Å². The van der Waals surface area contributed by atoms with Crippen molar-refractivity contribution in [2.75, 3.05) is 14.2 Å². The van der Waals surface area contributed by atoms with Gasteiger partial charge in [-0.1, -0.05) is 12.1 Å². The molecule has 0 saturated heterocycles. The molecular weight excluding hydrogens is 352 g/mol. The van der Waals surface area contributed by atoms with Gasteiger partial charge in [-0.2, -0.15) is 5.10 Å². The second-order valence-electron chi connectivity index (χ2n) is 5.92. The molecule has 9 nitrogen and oxygen atoms in total. The molecule has 1 aliphatic heterocycles. The molecule has 1 aliphatic rings. The lowest BCUT2D eigenvalue weighted by molar-refractivity contribution is 0.354. The Labute approximate surface area is 154 Å². The minimum absolute atomic E-state index is 0.0353. The smallest absolute Gasteiger partial charge is 0.331 e. The molecule has 1 atom stereocenters. The van der Waals surface area contributed by atoms with Gasteiger partial charge in [-0.15, -0.1) is 6.58 Å². The summed E-state index contributed by atoms with van der Waals surface area (Å²) >= 11 is 0. The summed E-state index contributed by atoms with van der Waals surface area (Å²) in [6.07, 6.45) is 1.79. The summed E-state index contributed by atoms with van der Waals surface area (Å²) in [5, 5.41) is 14.6. The molecule has 3 N–H and O–H groups in total. The van der Waals surface area contributed by atoms with Crippen LogP contribution in [0, 0.1) is 0 Å². The lowest BCUT2D eigenvalue weighted by Crippen LogP contribution is -2.33. The number of hydrazone groups is 1. The molecule has 142 valence electrons. The summed E-state index contributed by atoms with van der Waals surface area (Å²) in [6.45, 7) is 3.61.